The van der Waals surface area contributed by atoms with Gasteiger partial charge in [-0.05, 0) is 32.0 Å². The number of alkyl halides is 3. The molecule has 3 aromatic rings. The molecule has 0 aliphatic heterocycles. The van der Waals surface area contributed by atoms with E-state index >= 15 is 0 Å². The number of hydrogen-bond donors (Lipinski definition) is 0. The normalized spacial score (nSPS) is 11.4. The third-order valence-electron chi connectivity index (χ3n) is 4.55. The van der Waals surface area contributed by atoms with Crippen LogP contribution in [-0.2, 0) is 6.54 Å². The molecular weight excluding hydrogens is 397 g/mol. The number of pyridine rings is 1. The molecule has 6 nitrogen and oxygen atoms in total. The molecule has 2 heterocycles. The van der Waals surface area contributed by atoms with Crippen molar-refractivity contribution in [3.05, 3.63) is 71.2 Å². The van der Waals surface area contributed by atoms with Crippen LogP contribution in [0.1, 0.15) is 27.3 Å². The molecule has 0 atom stereocenters. The van der Waals surface area contributed by atoms with Gasteiger partial charge in [-0.2, -0.15) is 18.3 Å². The van der Waals surface area contributed by atoms with Crippen molar-refractivity contribution in [3.8, 4) is 11.6 Å². The number of carbonyl (C=O) groups excluding carboxylic acids is 1. The maximum atomic E-state index is 12.7. The van der Waals surface area contributed by atoms with E-state index in [1.165, 1.54) is 23.2 Å². The molecule has 30 heavy (non-hydrogen) atoms. The summed E-state index contributed by atoms with van der Waals surface area (Å²) in [5.41, 5.74) is 3.84. The van der Waals surface area contributed by atoms with Crippen molar-refractivity contribution in [2.45, 2.75) is 26.6 Å². The summed E-state index contributed by atoms with van der Waals surface area (Å²) in [5, 5.41) is 4.58. The van der Waals surface area contributed by atoms with E-state index in [2.05, 4.69) is 14.8 Å². The van der Waals surface area contributed by atoms with Crippen molar-refractivity contribution in [2.75, 3.05) is 13.7 Å². The fourth-order valence-corrected chi connectivity index (χ4v) is 3.00. The zero-order valence-corrected chi connectivity index (χ0v) is 16.8. The monoisotopic (exact) mass is 418 g/mol. The van der Waals surface area contributed by atoms with E-state index in [-0.39, 0.29) is 17.4 Å². The van der Waals surface area contributed by atoms with E-state index < -0.39 is 12.8 Å². The van der Waals surface area contributed by atoms with Crippen LogP contribution in [0.25, 0.3) is 5.69 Å². The van der Waals surface area contributed by atoms with Gasteiger partial charge in [0.2, 0.25) is 5.88 Å². The molecular formula is C21H21F3N4O2. The van der Waals surface area contributed by atoms with E-state index in [9.17, 15) is 18.0 Å². The van der Waals surface area contributed by atoms with Gasteiger partial charge in [0, 0.05) is 37.1 Å². The average Bonchev–Trinajstić information content (AvgIpc) is 3.00. The number of para-hydroxylation sites is 1. The topological polar surface area (TPSA) is 60.2 Å². The van der Waals surface area contributed by atoms with Crippen molar-refractivity contribution in [1.82, 2.24) is 19.7 Å². The number of halogens is 3. The maximum Gasteiger partial charge on any atom is 0.422 e. The summed E-state index contributed by atoms with van der Waals surface area (Å²) in [6, 6.07) is 12.3. The summed E-state index contributed by atoms with van der Waals surface area (Å²) < 4.78 is 43.0. The van der Waals surface area contributed by atoms with Crippen LogP contribution < -0.4 is 4.74 Å². The molecule has 0 spiro atoms. The van der Waals surface area contributed by atoms with Gasteiger partial charge in [0.25, 0.3) is 5.91 Å². The number of ether oxygens (including phenoxy) is 1. The molecule has 0 unspecified atom stereocenters. The lowest BCUT2D eigenvalue weighted by molar-refractivity contribution is -0.154. The van der Waals surface area contributed by atoms with Crippen molar-refractivity contribution < 1.29 is 22.7 Å². The molecule has 0 saturated carbocycles. The Bertz CT molecular complexity index is 1020. The highest BCUT2D eigenvalue weighted by atomic mass is 19.4. The van der Waals surface area contributed by atoms with Crippen molar-refractivity contribution in [3.63, 3.8) is 0 Å². The van der Waals surface area contributed by atoms with Crippen molar-refractivity contribution in [2.24, 2.45) is 0 Å². The van der Waals surface area contributed by atoms with Gasteiger partial charge >= 0.3 is 6.18 Å². The van der Waals surface area contributed by atoms with Gasteiger partial charge in [-0.3, -0.25) is 4.79 Å². The Morgan fingerprint density at radius 3 is 2.43 bits per heavy atom. The fourth-order valence-electron chi connectivity index (χ4n) is 3.00. The third-order valence-corrected chi connectivity index (χ3v) is 4.55. The number of hydrogen-bond acceptors (Lipinski definition) is 4. The number of nitrogens with zero attached hydrogens (tertiary/aromatic N) is 4. The predicted molar refractivity (Wildman–Crippen MR) is 105 cm³/mol. The van der Waals surface area contributed by atoms with Crippen LogP contribution >= 0.6 is 0 Å². The van der Waals surface area contributed by atoms with Crippen LogP contribution in [0.3, 0.4) is 0 Å². The van der Waals surface area contributed by atoms with Crippen LogP contribution in [0, 0.1) is 13.8 Å². The minimum Gasteiger partial charge on any atom is -0.468 e. The Labute approximate surface area is 171 Å². The van der Waals surface area contributed by atoms with Gasteiger partial charge in [-0.15, -0.1) is 0 Å². The van der Waals surface area contributed by atoms with E-state index in [0.29, 0.717) is 6.54 Å². The molecule has 0 N–H and O–H groups in total. The molecule has 0 bridgehead atoms. The maximum absolute atomic E-state index is 12.7. The molecule has 2 aromatic heterocycles. The highest BCUT2D eigenvalue weighted by Crippen LogP contribution is 2.21. The van der Waals surface area contributed by atoms with Crippen LogP contribution in [0.5, 0.6) is 5.88 Å². The Kier molecular flexibility index (Phi) is 6.09. The zero-order chi connectivity index (χ0) is 21.9. The minimum absolute atomic E-state index is 0.192. The van der Waals surface area contributed by atoms with Gasteiger partial charge in [0.1, 0.15) is 0 Å². The fraction of sp³-hybridized carbons (Fsp3) is 0.286. The number of amides is 1. The first kappa shape index (κ1) is 21.4. The number of rotatable bonds is 6. The zero-order valence-electron chi connectivity index (χ0n) is 16.8. The summed E-state index contributed by atoms with van der Waals surface area (Å²) in [4.78, 5) is 18.0. The second kappa shape index (κ2) is 8.56. The van der Waals surface area contributed by atoms with E-state index in [1.807, 2.05) is 48.9 Å². The van der Waals surface area contributed by atoms with E-state index in [1.54, 1.807) is 7.05 Å². The highest BCUT2D eigenvalue weighted by molar-refractivity contribution is 5.93. The quantitative estimate of drug-likeness (QED) is 0.605. The van der Waals surface area contributed by atoms with Crippen LogP contribution in [0.15, 0.2) is 48.7 Å². The molecule has 0 saturated heterocycles. The molecule has 0 aliphatic rings. The summed E-state index contributed by atoms with van der Waals surface area (Å²) >= 11 is 0. The lowest BCUT2D eigenvalue weighted by atomic mass is 10.1. The van der Waals surface area contributed by atoms with E-state index in [0.717, 1.165) is 22.6 Å². The highest BCUT2D eigenvalue weighted by Gasteiger charge is 2.28. The summed E-state index contributed by atoms with van der Waals surface area (Å²) in [6.07, 6.45) is -3.24. The third kappa shape index (κ3) is 4.97. The SMILES string of the molecule is Cc1nn(-c2ccccc2)c(C)c1CN(C)C(=O)c1ccc(OCC(F)(F)F)nc1. The van der Waals surface area contributed by atoms with Crippen molar-refractivity contribution in [1.29, 1.82) is 0 Å². The molecule has 1 amide bonds. The summed E-state index contributed by atoms with van der Waals surface area (Å²) in [7, 11) is 1.65. The minimum atomic E-state index is -4.45. The molecule has 0 aliphatic carbocycles. The molecule has 9 heteroatoms. The van der Waals surface area contributed by atoms with Gasteiger partial charge in [-0.1, -0.05) is 18.2 Å². The summed E-state index contributed by atoms with van der Waals surface area (Å²) in [5.74, 6) is -0.501. The Morgan fingerprint density at radius 2 is 1.83 bits per heavy atom. The summed E-state index contributed by atoms with van der Waals surface area (Å²) in [6.45, 7) is 2.72. The smallest absolute Gasteiger partial charge is 0.422 e. The van der Waals surface area contributed by atoms with E-state index in [4.69, 9.17) is 0 Å². The van der Waals surface area contributed by atoms with Gasteiger partial charge < -0.3 is 9.64 Å². The molecule has 0 fully saturated rings. The van der Waals surface area contributed by atoms with Crippen LogP contribution in [0.2, 0.25) is 0 Å². The van der Waals surface area contributed by atoms with Gasteiger partial charge in [0.15, 0.2) is 6.61 Å². The standard InChI is InChI=1S/C21H21F3N4O2/c1-14-18(15(2)28(26-14)17-7-5-4-6-8-17)12-27(3)20(29)16-9-10-19(25-11-16)30-13-21(22,23)24/h4-11H,12-13H2,1-3H3. The first-order valence-corrected chi connectivity index (χ1v) is 9.17. The molecule has 1 aromatic carbocycles. The molecule has 158 valence electrons. The largest absolute Gasteiger partial charge is 0.468 e. The Balaban J connectivity index is 1.71. The molecule has 0 radical (unpaired) electrons. The second-order valence-corrected chi connectivity index (χ2v) is 6.85. The van der Waals surface area contributed by atoms with Gasteiger partial charge in [0.05, 0.1) is 16.9 Å². The number of aromatic nitrogens is 3. The molecule has 3 rings (SSSR count). The average molecular weight is 418 g/mol. The first-order chi connectivity index (χ1) is 14.2. The number of carbonyl (C=O) groups is 1. The van der Waals surface area contributed by atoms with Crippen LogP contribution in [0.4, 0.5) is 13.2 Å². The lowest BCUT2D eigenvalue weighted by Gasteiger charge is -2.18. The Morgan fingerprint density at radius 1 is 1.13 bits per heavy atom. The first-order valence-electron chi connectivity index (χ1n) is 9.17. The van der Waals surface area contributed by atoms with Crippen molar-refractivity contribution >= 4 is 5.91 Å². The van der Waals surface area contributed by atoms with Gasteiger partial charge in [-0.25, -0.2) is 9.67 Å². The number of benzene rings is 1. The number of aryl methyl sites for hydroxylation is 1. The second-order valence-electron chi connectivity index (χ2n) is 6.85. The lowest BCUT2D eigenvalue weighted by Crippen LogP contribution is -2.27. The van der Waals surface area contributed by atoms with Crippen LogP contribution in [-0.4, -0.2) is 45.4 Å². The Hall–Kier alpha value is -3.36. The predicted octanol–water partition coefficient (Wildman–Crippen LogP) is 4.10.